The summed E-state index contributed by atoms with van der Waals surface area (Å²) >= 11 is 0. The minimum Gasteiger partial charge on any atom is -0.431 e. The highest BCUT2D eigenvalue weighted by atomic mass is 16.6. The maximum Gasteiger partial charge on any atom is 0.374 e. The van der Waals surface area contributed by atoms with Crippen molar-refractivity contribution in [3.05, 3.63) is 88.4 Å². The molecule has 0 bridgehead atoms. The van der Waals surface area contributed by atoms with Crippen molar-refractivity contribution in [2.45, 2.75) is 13.3 Å². The van der Waals surface area contributed by atoms with Gasteiger partial charge in [-0.25, -0.2) is 9.97 Å². The molecule has 0 atom stereocenters. The molecule has 2 aromatic carbocycles. The zero-order valence-electron chi connectivity index (χ0n) is 17.0. The van der Waals surface area contributed by atoms with Gasteiger partial charge in [-0.3, -0.25) is 25.8 Å². The van der Waals surface area contributed by atoms with Gasteiger partial charge in [-0.1, -0.05) is 48.5 Å². The second-order valence-corrected chi connectivity index (χ2v) is 6.85. The molecule has 2 N–H and O–H groups in total. The van der Waals surface area contributed by atoms with E-state index in [0.29, 0.717) is 11.3 Å². The summed E-state index contributed by atoms with van der Waals surface area (Å²) in [6, 6.07) is 18.1. The van der Waals surface area contributed by atoms with E-state index in [2.05, 4.69) is 25.8 Å². The number of nitrogens with zero attached hydrogens (tertiary/aromatic N) is 4. The normalized spacial score (nSPS) is 10.5. The van der Waals surface area contributed by atoms with Crippen molar-refractivity contribution < 1.29 is 14.5 Å². The summed E-state index contributed by atoms with van der Waals surface area (Å²) in [5.41, 5.74) is 6.52. The molecule has 1 amide bonds. The van der Waals surface area contributed by atoms with E-state index in [1.165, 1.54) is 0 Å². The van der Waals surface area contributed by atoms with Crippen LogP contribution in [0.15, 0.2) is 67.0 Å². The first kappa shape index (κ1) is 20.7. The molecule has 0 saturated heterocycles. The van der Waals surface area contributed by atoms with E-state index >= 15 is 0 Å². The van der Waals surface area contributed by atoms with Crippen molar-refractivity contribution in [3.63, 3.8) is 0 Å². The van der Waals surface area contributed by atoms with Crippen LogP contribution >= 0.6 is 0 Å². The number of hydrogen-bond acceptors (Lipinski definition) is 8. The number of ether oxygens (including phenoxy) is 1. The number of carbonyl (C=O) groups is 1. The number of amides is 1. The Hall–Kier alpha value is -4.60. The third kappa shape index (κ3) is 4.59. The van der Waals surface area contributed by atoms with Crippen molar-refractivity contribution in [2.24, 2.45) is 0 Å². The van der Waals surface area contributed by atoms with Gasteiger partial charge in [0.05, 0.1) is 11.3 Å². The predicted molar refractivity (Wildman–Crippen MR) is 117 cm³/mol. The first-order chi connectivity index (χ1) is 15.5. The van der Waals surface area contributed by atoms with Crippen molar-refractivity contribution in [2.75, 3.05) is 5.43 Å². The van der Waals surface area contributed by atoms with E-state index < -0.39 is 10.6 Å². The number of anilines is 1. The summed E-state index contributed by atoms with van der Waals surface area (Å²) in [5, 5.41) is 12.6. The van der Waals surface area contributed by atoms with Crippen LogP contribution in [0.5, 0.6) is 11.6 Å². The number of aromatic nitrogens is 3. The number of carbonyl (C=O) groups excluding carboxylic acids is 1. The Bertz CT molecular complexity index is 1300. The predicted octanol–water partition coefficient (Wildman–Crippen LogP) is 3.72. The molecule has 0 saturated carbocycles. The van der Waals surface area contributed by atoms with Gasteiger partial charge in [0.15, 0.2) is 5.75 Å². The number of nitrogens with one attached hydrogen (secondary N) is 2. The number of rotatable bonds is 7. The number of pyridine rings is 1. The molecule has 4 aromatic rings. The molecule has 0 aliphatic rings. The molecule has 2 aromatic heterocycles. The first-order valence-electron chi connectivity index (χ1n) is 9.63. The molecule has 0 spiro atoms. The average Bonchev–Trinajstić information content (AvgIpc) is 2.78. The Morgan fingerprint density at radius 2 is 1.88 bits per heavy atom. The first-order valence-corrected chi connectivity index (χ1v) is 9.63. The topological polar surface area (TPSA) is 132 Å². The van der Waals surface area contributed by atoms with Gasteiger partial charge in [0.2, 0.25) is 11.7 Å². The lowest BCUT2D eigenvalue weighted by molar-refractivity contribution is -0.385. The number of benzene rings is 2. The van der Waals surface area contributed by atoms with Crippen LogP contribution in [0.3, 0.4) is 0 Å². The Kier molecular flexibility index (Phi) is 5.84. The zero-order valence-corrected chi connectivity index (χ0v) is 17.0. The summed E-state index contributed by atoms with van der Waals surface area (Å²) in [6.45, 7) is 1.84. The molecule has 0 unspecified atom stereocenters. The van der Waals surface area contributed by atoms with Crippen molar-refractivity contribution in [3.8, 4) is 11.6 Å². The number of hydrogen-bond donors (Lipinski definition) is 2. The molecule has 4 rings (SSSR count). The standard InChI is InChI=1S/C22H18N6O4/c1-14-10-11-16-8-5-9-17(19(16)25-14)32-22-20(28(30)31)21(23-13-24-22)27-26-18(29)12-15-6-3-2-4-7-15/h2-11,13H,12H2,1H3,(H,26,29)(H,23,24,27). The van der Waals surface area contributed by atoms with Gasteiger partial charge in [0.1, 0.15) is 11.8 Å². The van der Waals surface area contributed by atoms with E-state index in [-0.39, 0.29) is 24.0 Å². The van der Waals surface area contributed by atoms with Crippen LogP contribution in [-0.2, 0) is 11.2 Å². The molecule has 32 heavy (non-hydrogen) atoms. The van der Waals surface area contributed by atoms with Gasteiger partial charge in [0.25, 0.3) is 0 Å². The molecular weight excluding hydrogens is 412 g/mol. The number of para-hydroxylation sites is 1. The third-order valence-electron chi connectivity index (χ3n) is 4.53. The fourth-order valence-electron chi connectivity index (χ4n) is 3.05. The second kappa shape index (κ2) is 9.04. The summed E-state index contributed by atoms with van der Waals surface area (Å²) in [5.74, 6) is -0.557. The van der Waals surface area contributed by atoms with Crippen LogP contribution < -0.4 is 15.6 Å². The van der Waals surface area contributed by atoms with Crippen molar-refractivity contribution in [1.29, 1.82) is 0 Å². The van der Waals surface area contributed by atoms with E-state index in [1.54, 1.807) is 24.3 Å². The van der Waals surface area contributed by atoms with Gasteiger partial charge in [-0.2, -0.15) is 4.98 Å². The zero-order chi connectivity index (χ0) is 22.5. The molecule has 0 fully saturated rings. The maximum absolute atomic E-state index is 12.2. The fourth-order valence-corrected chi connectivity index (χ4v) is 3.05. The van der Waals surface area contributed by atoms with Gasteiger partial charge in [-0.05, 0) is 24.6 Å². The highest BCUT2D eigenvalue weighted by Gasteiger charge is 2.26. The highest BCUT2D eigenvalue weighted by Crippen LogP contribution is 2.35. The van der Waals surface area contributed by atoms with E-state index in [1.807, 2.05) is 43.3 Å². The maximum atomic E-state index is 12.2. The molecule has 0 radical (unpaired) electrons. The van der Waals surface area contributed by atoms with Crippen LogP contribution in [0.1, 0.15) is 11.3 Å². The lowest BCUT2D eigenvalue weighted by Gasteiger charge is -2.11. The van der Waals surface area contributed by atoms with Crippen LogP contribution in [-0.4, -0.2) is 25.8 Å². The van der Waals surface area contributed by atoms with E-state index in [0.717, 1.165) is 23.0 Å². The minimum absolute atomic E-state index is 0.0943. The average molecular weight is 430 g/mol. The highest BCUT2D eigenvalue weighted by molar-refractivity contribution is 5.85. The largest absolute Gasteiger partial charge is 0.431 e. The SMILES string of the molecule is Cc1ccc2cccc(Oc3ncnc(NNC(=O)Cc4ccccc4)c3[N+](=O)[O-])c2n1. The second-order valence-electron chi connectivity index (χ2n) is 6.85. The van der Waals surface area contributed by atoms with Gasteiger partial charge < -0.3 is 4.74 Å². The quantitative estimate of drug-likeness (QED) is 0.335. The van der Waals surface area contributed by atoms with Crippen LogP contribution in [0.2, 0.25) is 0 Å². The van der Waals surface area contributed by atoms with Crippen LogP contribution in [0.4, 0.5) is 11.5 Å². The molecular formula is C22H18N6O4. The van der Waals surface area contributed by atoms with Crippen molar-refractivity contribution in [1.82, 2.24) is 20.4 Å². The van der Waals surface area contributed by atoms with E-state index in [9.17, 15) is 14.9 Å². The lowest BCUT2D eigenvalue weighted by atomic mass is 10.1. The van der Waals surface area contributed by atoms with Crippen molar-refractivity contribution >= 4 is 28.3 Å². The van der Waals surface area contributed by atoms with Gasteiger partial charge in [-0.15, -0.1) is 0 Å². The Labute approximate surface area is 182 Å². The number of nitro groups is 1. The number of hydrazine groups is 1. The molecule has 160 valence electrons. The summed E-state index contributed by atoms with van der Waals surface area (Å²) in [7, 11) is 0. The minimum atomic E-state index is -0.676. The monoisotopic (exact) mass is 430 g/mol. The Morgan fingerprint density at radius 1 is 1.06 bits per heavy atom. The molecule has 10 heteroatoms. The molecule has 0 aliphatic carbocycles. The Balaban J connectivity index is 1.58. The molecule has 2 heterocycles. The van der Waals surface area contributed by atoms with Crippen LogP contribution in [0, 0.1) is 17.0 Å². The molecule has 0 aliphatic heterocycles. The lowest BCUT2D eigenvalue weighted by Crippen LogP contribution is -2.31. The fraction of sp³-hybridized carbons (Fsp3) is 0.0909. The number of fused-ring (bicyclic) bond motifs is 1. The summed E-state index contributed by atoms with van der Waals surface area (Å²) in [4.78, 5) is 35.5. The molecule has 10 nitrogen and oxygen atoms in total. The smallest absolute Gasteiger partial charge is 0.374 e. The van der Waals surface area contributed by atoms with Gasteiger partial charge >= 0.3 is 11.6 Å². The number of aryl methyl sites for hydroxylation is 1. The third-order valence-corrected chi connectivity index (χ3v) is 4.53. The summed E-state index contributed by atoms with van der Waals surface area (Å²) < 4.78 is 5.77. The Morgan fingerprint density at radius 3 is 2.66 bits per heavy atom. The summed E-state index contributed by atoms with van der Waals surface area (Å²) in [6.07, 6.45) is 1.20. The van der Waals surface area contributed by atoms with Gasteiger partial charge in [0, 0.05) is 11.1 Å². The van der Waals surface area contributed by atoms with Crippen LogP contribution in [0.25, 0.3) is 10.9 Å². The van der Waals surface area contributed by atoms with E-state index in [4.69, 9.17) is 4.74 Å².